The Balaban J connectivity index is 0.000000262. The van der Waals surface area contributed by atoms with E-state index in [2.05, 4.69) is 149 Å². The van der Waals surface area contributed by atoms with Crippen molar-refractivity contribution in [2.45, 2.75) is 118 Å². The zero-order chi connectivity index (χ0) is 34.2. The van der Waals surface area contributed by atoms with Crippen molar-refractivity contribution >= 4 is 35.7 Å². The third-order valence-corrected chi connectivity index (χ3v) is 21.8. The summed E-state index contributed by atoms with van der Waals surface area (Å²) in [6, 6.07) is 44.0. The van der Waals surface area contributed by atoms with E-state index in [1.165, 1.54) is 130 Å². The van der Waals surface area contributed by atoms with Crippen molar-refractivity contribution in [1.29, 1.82) is 0 Å². The fraction of sp³-hybridized carbons (Fsp3) is 0.478. The molecule has 0 atom stereocenters. The van der Waals surface area contributed by atoms with Crippen molar-refractivity contribution in [3.8, 4) is 0 Å². The van der Waals surface area contributed by atoms with Crippen LogP contribution in [0.1, 0.15) is 118 Å². The van der Waals surface area contributed by atoms with Crippen LogP contribution in [0, 0.1) is 0 Å². The first-order valence-corrected chi connectivity index (χ1v) is 24.7. The molecule has 0 saturated heterocycles. The van der Waals surface area contributed by atoms with Gasteiger partial charge in [0, 0.05) is 0 Å². The molecule has 2 heteroatoms. The normalized spacial score (nSPS) is 12.2. The summed E-state index contributed by atoms with van der Waals surface area (Å²) in [6.45, 7) is 9.64. The van der Waals surface area contributed by atoms with E-state index in [1.54, 1.807) is 6.16 Å². The van der Waals surface area contributed by atoms with Gasteiger partial charge in [0.1, 0.15) is 0 Å². The van der Waals surface area contributed by atoms with Gasteiger partial charge in [0.25, 0.3) is 0 Å². The van der Waals surface area contributed by atoms with Gasteiger partial charge in [0.15, 0.2) is 0 Å². The van der Waals surface area contributed by atoms with Gasteiger partial charge < -0.3 is 0 Å². The summed E-state index contributed by atoms with van der Waals surface area (Å²) in [5.41, 5.74) is 0. The molecule has 0 aliphatic rings. The number of hydrogen-bond acceptors (Lipinski definition) is 0. The molecule has 4 aromatic rings. The Morgan fingerprint density at radius 3 is 0.812 bits per heavy atom. The monoisotopic (exact) mass is 684 g/mol. The molecule has 0 amide bonds. The first kappa shape index (κ1) is 40.2. The van der Waals surface area contributed by atoms with Crippen LogP contribution >= 0.6 is 14.5 Å². The zero-order valence-electron chi connectivity index (χ0n) is 31.3. The standard InChI is InChI=1S/C24H21P.C22H49P/c1-5-13-21(14-6-1)25(22-15-7-2-8-16-22,23-17-9-3-10-18-23)24-19-11-4-12-20-24;1-5-9-10-11-12-13-14-15-16-17-18-19-20-21-22-23(6-2,7-3)8-4/h1-20,25H;23H,5-22H2,1-4H3. The van der Waals surface area contributed by atoms with Crippen LogP contribution in [0.4, 0.5) is 0 Å². The SMILES string of the molecule is CCCCCCCCCCCCCCCC[PH](CC)(CC)CC.c1ccc([PH](c2ccccc2)(c2ccccc2)c2ccccc2)cc1. The maximum absolute atomic E-state index is 2.45. The van der Waals surface area contributed by atoms with Crippen molar-refractivity contribution in [3.05, 3.63) is 121 Å². The first-order valence-electron chi connectivity index (χ1n) is 19.9. The van der Waals surface area contributed by atoms with Gasteiger partial charge in [-0.3, -0.25) is 0 Å². The molecule has 0 saturated carbocycles. The molecule has 0 spiro atoms. The predicted octanol–water partition coefficient (Wildman–Crippen LogP) is 12.3. The molecule has 0 unspecified atom stereocenters. The summed E-state index contributed by atoms with van der Waals surface area (Å²) in [4.78, 5) is 0. The fourth-order valence-electron chi connectivity index (χ4n) is 7.73. The van der Waals surface area contributed by atoms with Crippen LogP contribution in [0.5, 0.6) is 0 Å². The van der Waals surface area contributed by atoms with Crippen LogP contribution < -0.4 is 21.2 Å². The molecule has 0 bridgehead atoms. The van der Waals surface area contributed by atoms with E-state index in [4.69, 9.17) is 0 Å². The molecule has 0 radical (unpaired) electrons. The van der Waals surface area contributed by atoms with Gasteiger partial charge in [0.05, 0.1) is 0 Å². The Morgan fingerprint density at radius 1 is 0.312 bits per heavy atom. The van der Waals surface area contributed by atoms with E-state index < -0.39 is 14.5 Å². The summed E-state index contributed by atoms with van der Waals surface area (Å²) in [7, 11) is -3.12. The third-order valence-electron chi connectivity index (χ3n) is 11.1. The molecular weight excluding hydrogens is 614 g/mol. The predicted molar refractivity (Wildman–Crippen MR) is 228 cm³/mol. The topological polar surface area (TPSA) is 0 Å². The van der Waals surface area contributed by atoms with Crippen LogP contribution in [0.15, 0.2) is 121 Å². The van der Waals surface area contributed by atoms with Crippen molar-refractivity contribution in [1.82, 2.24) is 0 Å². The summed E-state index contributed by atoms with van der Waals surface area (Å²) in [6.07, 6.45) is 26.9. The Labute approximate surface area is 298 Å². The minimum atomic E-state index is -2.30. The van der Waals surface area contributed by atoms with E-state index in [0.29, 0.717) is 0 Å². The summed E-state index contributed by atoms with van der Waals surface area (Å²) >= 11 is 0. The van der Waals surface area contributed by atoms with Crippen molar-refractivity contribution in [2.75, 3.05) is 24.6 Å². The van der Waals surface area contributed by atoms with E-state index in [9.17, 15) is 0 Å². The number of unbranched alkanes of at least 4 members (excludes halogenated alkanes) is 13. The fourth-order valence-corrected chi connectivity index (χ4v) is 16.1. The average Bonchev–Trinajstić information content (AvgIpc) is 3.16. The molecule has 264 valence electrons. The van der Waals surface area contributed by atoms with Gasteiger partial charge in [0.2, 0.25) is 0 Å². The summed E-state index contributed by atoms with van der Waals surface area (Å²) < 4.78 is 0. The first-order chi connectivity index (χ1) is 23.7. The Bertz CT molecular complexity index is 1130. The molecule has 4 rings (SSSR count). The summed E-state index contributed by atoms with van der Waals surface area (Å²) in [5, 5.41) is 5.66. The van der Waals surface area contributed by atoms with E-state index in [0.717, 1.165) is 0 Å². The third kappa shape index (κ3) is 12.6. The quantitative estimate of drug-likeness (QED) is 0.0571. The van der Waals surface area contributed by atoms with Gasteiger partial charge in [-0.2, -0.15) is 0 Å². The van der Waals surface area contributed by atoms with Crippen molar-refractivity contribution in [2.24, 2.45) is 0 Å². The molecule has 0 nitrogen and oxygen atoms in total. The van der Waals surface area contributed by atoms with Crippen LogP contribution in [-0.4, -0.2) is 24.6 Å². The van der Waals surface area contributed by atoms with Crippen molar-refractivity contribution in [3.63, 3.8) is 0 Å². The average molecular weight is 685 g/mol. The molecule has 4 aromatic carbocycles. The minimum absolute atomic E-state index is 0.820. The Morgan fingerprint density at radius 2 is 0.562 bits per heavy atom. The zero-order valence-corrected chi connectivity index (χ0v) is 33.3. The van der Waals surface area contributed by atoms with Gasteiger partial charge in [-0.1, -0.05) is 26.2 Å². The second kappa shape index (κ2) is 24.0. The molecule has 0 N–H and O–H groups in total. The van der Waals surface area contributed by atoms with Crippen LogP contribution in [-0.2, 0) is 0 Å². The Hall–Kier alpha value is -2.26. The van der Waals surface area contributed by atoms with E-state index in [-0.39, 0.29) is 0 Å². The number of hydrogen-bond donors (Lipinski definition) is 0. The maximum atomic E-state index is 2.45. The van der Waals surface area contributed by atoms with Gasteiger partial charge in [-0.05, 0) is 0 Å². The number of rotatable bonds is 22. The van der Waals surface area contributed by atoms with Gasteiger partial charge >= 0.3 is 273 Å². The molecule has 0 fully saturated rings. The molecule has 0 aliphatic carbocycles. The molecule has 0 heterocycles. The van der Waals surface area contributed by atoms with Gasteiger partial charge in [-0.25, -0.2) is 0 Å². The molecule has 0 aliphatic heterocycles. The Kier molecular flexibility index (Phi) is 20.1. The molecular formula is C46H70P2. The summed E-state index contributed by atoms with van der Waals surface area (Å²) in [5.74, 6) is 0. The number of benzene rings is 4. The van der Waals surface area contributed by atoms with Gasteiger partial charge in [-0.15, -0.1) is 0 Å². The molecule has 48 heavy (non-hydrogen) atoms. The van der Waals surface area contributed by atoms with Crippen LogP contribution in [0.3, 0.4) is 0 Å². The second-order valence-electron chi connectivity index (χ2n) is 14.1. The van der Waals surface area contributed by atoms with E-state index in [1.807, 2.05) is 0 Å². The van der Waals surface area contributed by atoms with E-state index >= 15 is 0 Å². The van der Waals surface area contributed by atoms with Crippen LogP contribution in [0.25, 0.3) is 0 Å². The molecule has 0 aromatic heterocycles. The second-order valence-corrected chi connectivity index (χ2v) is 23.6. The van der Waals surface area contributed by atoms with Crippen LogP contribution in [0.2, 0.25) is 0 Å². The van der Waals surface area contributed by atoms with Crippen molar-refractivity contribution < 1.29 is 0 Å².